The Morgan fingerprint density at radius 1 is 0.521 bits per heavy atom. The molecule has 0 unspecified atom stereocenters. The van der Waals surface area contributed by atoms with Gasteiger partial charge in [-0.05, 0) is 151 Å². The maximum atomic E-state index is 13.8. The summed E-state index contributed by atoms with van der Waals surface area (Å²) in [6.07, 6.45) is 1.97. The fourth-order valence-corrected chi connectivity index (χ4v) is 16.3. The van der Waals surface area contributed by atoms with Crippen molar-refractivity contribution in [1.29, 1.82) is 0 Å². The molecule has 8 amide bonds. The van der Waals surface area contributed by atoms with Crippen molar-refractivity contribution in [3.05, 3.63) is 251 Å². The topological polar surface area (TPSA) is 459 Å². The molecule has 38 nitrogen and oxygen atoms in total. The largest absolute Gasteiger partial charge is 0.514 e. The van der Waals surface area contributed by atoms with Crippen molar-refractivity contribution < 1.29 is 110 Å². The third kappa shape index (κ3) is 34.5. The minimum Gasteiger partial charge on any atom is -0.453 e. The van der Waals surface area contributed by atoms with Gasteiger partial charge in [-0.15, -0.1) is 0 Å². The molecule has 0 spiro atoms. The highest BCUT2D eigenvalue weighted by molar-refractivity contribution is 5.87. The number of pyridine rings is 2. The number of hydrogen-bond acceptors (Lipinski definition) is 29. The van der Waals surface area contributed by atoms with Gasteiger partial charge in [0.15, 0.2) is 12.6 Å². The van der Waals surface area contributed by atoms with Crippen LogP contribution in [0.4, 0.5) is 34.5 Å². The van der Waals surface area contributed by atoms with Crippen molar-refractivity contribution in [2.75, 3.05) is 60.8 Å². The number of aromatic nitrogens is 2. The highest BCUT2D eigenvalue weighted by Gasteiger charge is 2.53. The zero-order valence-corrected chi connectivity index (χ0v) is 82.9. The summed E-state index contributed by atoms with van der Waals surface area (Å²) < 4.78 is 64.6. The lowest BCUT2D eigenvalue weighted by Crippen LogP contribution is -2.59. The number of nitrogens with one attached hydrogen (secondary N) is 8. The predicted octanol–water partition coefficient (Wildman–Crippen LogP) is 14.2. The number of rotatable bonds is 31. The number of aliphatic hydroxyl groups excluding tert-OH is 1. The first-order chi connectivity index (χ1) is 66.9. The van der Waals surface area contributed by atoms with E-state index in [0.717, 1.165) is 62.9 Å². The first-order valence-corrected chi connectivity index (χ1v) is 46.7. The molecule has 5 aliphatic rings. The maximum Gasteiger partial charge on any atom is 0.514 e. The molecule has 7 heterocycles. The van der Waals surface area contributed by atoms with E-state index < -0.39 is 129 Å². The Bertz CT molecular complexity index is 5350. The highest BCUT2D eigenvalue weighted by atomic mass is 16.8. The van der Waals surface area contributed by atoms with Crippen molar-refractivity contribution in [3.8, 4) is 28.0 Å². The second kappa shape index (κ2) is 52.4. The van der Waals surface area contributed by atoms with E-state index in [1.54, 1.807) is 33.5 Å². The lowest BCUT2D eigenvalue weighted by Gasteiger charge is -2.35. The second-order valence-corrected chi connectivity index (χ2v) is 39.2. The standard InChI is InChI=1S/C38H51N5O6.C37H47N5O8.C15H23N3O3.C13H13NO7.CH4/c1-36(2,3)32(40-34(45)47-9)33(44)41-42(24-27-14-11-10-12-15-27)25-31-30(43(38(7,8)48-31)35(46)49-37(4,5)6)22-26-17-19-28(20-18-26)29-16-13-21-39-23-29;1-37(2,3)32(40-35(45)47-4)33(44)41-42(21-25-9-6-5-7-10-25)22-30(43)29(39-36(46)50-31-23-49-34-28(31)16-18-48-34)19-24-12-14-26(15-13-24)27-11-8-17-38-20-27;1-15(2,3)12(17-14(20)21-4)13(19)18-16-10-11-8-6-5-7-9-11;15-13(20-9-3-1-8(2-4-9)14(16)17)21-11-7-19-12-10(11)5-6-18-12;/h10-21,23,30-32H,22,24-25H2,1-9H3,(H,40,45)(H,41,44);5-15,17,20,28-32,34,43H,16,18-19,21-23H2,1-4H3,(H,39,46)(H,40,45)(H,41,44);5-9,12,16H,10H2,1-4H3,(H,17,20)(H,18,19);1-4,10-12H,5-7H2;1H4/t30-,31-,32+;28-,29-,30-,31-,32+,34+;12-;10-,11-,12+;/m0010./s1. The Morgan fingerprint density at radius 2 is 0.965 bits per heavy atom. The van der Waals surface area contributed by atoms with Gasteiger partial charge in [0, 0.05) is 69.6 Å². The van der Waals surface area contributed by atoms with Gasteiger partial charge in [-0.1, -0.05) is 221 Å². The summed E-state index contributed by atoms with van der Waals surface area (Å²) in [5.74, 6) is -1.04. The summed E-state index contributed by atoms with van der Waals surface area (Å²) >= 11 is 0. The number of aliphatic hydroxyl groups is 1. The van der Waals surface area contributed by atoms with E-state index in [-0.39, 0.29) is 94.6 Å². The van der Waals surface area contributed by atoms with E-state index in [1.165, 1.54) is 45.6 Å². The molecule has 9 N–H and O–H groups in total. The number of nitro benzene ring substituents is 1. The van der Waals surface area contributed by atoms with E-state index in [2.05, 4.69) is 57.7 Å². The fourth-order valence-electron chi connectivity index (χ4n) is 16.3. The summed E-state index contributed by atoms with van der Waals surface area (Å²) in [5.41, 5.74) is 16.6. The number of nitro groups is 1. The van der Waals surface area contributed by atoms with Gasteiger partial charge in [0.2, 0.25) is 0 Å². The molecular weight excluding hydrogens is 1830 g/mol. The van der Waals surface area contributed by atoms with Crippen LogP contribution in [0.5, 0.6) is 5.75 Å². The zero-order valence-electron chi connectivity index (χ0n) is 82.9. The van der Waals surface area contributed by atoms with Crippen molar-refractivity contribution in [3.63, 3.8) is 0 Å². The second-order valence-electron chi connectivity index (χ2n) is 39.2. The Balaban J connectivity index is 0.000000226. The predicted molar refractivity (Wildman–Crippen MR) is 527 cm³/mol. The van der Waals surface area contributed by atoms with Crippen LogP contribution in [0.25, 0.3) is 22.3 Å². The van der Waals surface area contributed by atoms with Gasteiger partial charge >= 0.3 is 36.6 Å². The summed E-state index contributed by atoms with van der Waals surface area (Å²) in [4.78, 5) is 134. The summed E-state index contributed by atoms with van der Waals surface area (Å²) in [6, 6.07) is 54.0. The molecule has 8 aromatic rings. The third-order valence-electron chi connectivity index (χ3n) is 23.5. The van der Waals surface area contributed by atoms with Crippen LogP contribution in [-0.4, -0.2) is 229 Å². The summed E-state index contributed by atoms with van der Waals surface area (Å²) in [7, 11) is 3.76. The van der Waals surface area contributed by atoms with E-state index in [4.69, 9.17) is 52.1 Å². The number of fused-ring (bicyclic) bond motifs is 2. The Labute approximate surface area is 829 Å². The SMILES string of the molecule is C.COC(=O)N[C@H](C(=O)NN(Cc1ccccc1)C[C@@H]1OC(C)(C)N(C(=O)OC(C)(C)C)[C@H]1Cc1ccc(-c2cccnc2)cc1)C(C)(C)C.COC(=O)N[C@H](C(=O)NN(Cc1ccccc1)C[C@H](O)[C@H](Cc1ccc(-c2cccnc2)cc1)NC(=O)O[C@H]1CO[C@H]2OCC[C@H]21)C(C)(C)C.COC(=O)N[C@H](C(=O)NNCc1ccccc1)C(C)(C)C.O=C(Oc1ccc([N+](=O)[O-])cc1)O[C@H]1CO[C@H]2OCC[C@H]21. The average Bonchev–Trinajstić information content (AvgIpc) is 1.61. The number of hydrogen-bond donors (Lipinski definition) is 9. The maximum absolute atomic E-state index is 13.8. The Hall–Kier alpha value is -13.3. The lowest BCUT2D eigenvalue weighted by atomic mass is 9.86. The highest BCUT2D eigenvalue weighted by Crippen LogP contribution is 2.39. The van der Waals surface area contributed by atoms with Crippen LogP contribution in [0.1, 0.15) is 145 Å². The molecule has 38 heteroatoms. The number of carbonyl (C=O) groups is 9. The van der Waals surface area contributed by atoms with Crippen molar-refractivity contribution in [2.24, 2.45) is 28.1 Å². The number of amides is 8. The molecule has 5 saturated heterocycles. The van der Waals surface area contributed by atoms with Crippen LogP contribution < -0.4 is 47.7 Å². The number of non-ortho nitro benzene ring substituents is 1. The number of alkyl carbamates (subject to hydrolysis) is 4. The number of carbonyl (C=O) groups excluding carboxylic acids is 9. The number of ether oxygens (including phenoxy) is 12. The van der Waals surface area contributed by atoms with Gasteiger partial charge in [0.1, 0.15) is 47.4 Å². The minimum absolute atomic E-state index is 0. The average molecular weight is 1970 g/mol. The first-order valence-electron chi connectivity index (χ1n) is 46.7. The van der Waals surface area contributed by atoms with Gasteiger partial charge in [-0.3, -0.25) is 55.6 Å². The molecule has 13 atom stereocenters. The normalized spacial score (nSPS) is 19.3. The van der Waals surface area contributed by atoms with Crippen LogP contribution in [-0.2, 0) is 99.0 Å². The third-order valence-corrected chi connectivity index (χ3v) is 23.5. The molecular formula is C104H138N14O24. The monoisotopic (exact) mass is 1970 g/mol. The molecule has 0 radical (unpaired) electrons. The molecule has 13 rings (SSSR count). The van der Waals surface area contributed by atoms with E-state index >= 15 is 0 Å². The molecule has 5 aliphatic heterocycles. The lowest BCUT2D eigenvalue weighted by molar-refractivity contribution is -0.384. The minimum atomic E-state index is -1.17. The number of methoxy groups -OCH3 is 3. The molecule has 768 valence electrons. The first kappa shape index (κ1) is 112. The fraction of sp³-hybridized carbons (Fsp3) is 0.471. The molecule has 6 aromatic carbocycles. The van der Waals surface area contributed by atoms with Gasteiger partial charge in [0.25, 0.3) is 23.4 Å². The van der Waals surface area contributed by atoms with E-state index in [0.29, 0.717) is 32.7 Å². The molecule has 2 aromatic heterocycles. The van der Waals surface area contributed by atoms with Crippen LogP contribution in [0.2, 0.25) is 0 Å². The molecule has 5 fully saturated rings. The van der Waals surface area contributed by atoms with Gasteiger partial charge in [0.05, 0.1) is 88.8 Å². The molecule has 0 aliphatic carbocycles. The quantitative estimate of drug-likeness (QED) is 0.00640. The van der Waals surface area contributed by atoms with Crippen molar-refractivity contribution in [2.45, 2.75) is 228 Å². The number of hydrazine groups is 3. The van der Waals surface area contributed by atoms with Crippen molar-refractivity contribution in [1.82, 2.24) is 67.9 Å². The molecule has 142 heavy (non-hydrogen) atoms. The Morgan fingerprint density at radius 3 is 1.41 bits per heavy atom. The van der Waals surface area contributed by atoms with Crippen LogP contribution in [0, 0.1) is 38.2 Å². The molecule has 0 bridgehead atoms. The Kier molecular flexibility index (Phi) is 41.5. The van der Waals surface area contributed by atoms with Gasteiger partial charge in [-0.25, -0.2) is 44.2 Å². The number of benzene rings is 6. The smallest absolute Gasteiger partial charge is 0.453 e. The van der Waals surface area contributed by atoms with E-state index in [1.807, 2.05) is 267 Å². The zero-order chi connectivity index (χ0) is 102. The summed E-state index contributed by atoms with van der Waals surface area (Å²) in [5, 5.41) is 36.4. The van der Waals surface area contributed by atoms with Crippen LogP contribution in [0.15, 0.2) is 213 Å². The summed E-state index contributed by atoms with van der Waals surface area (Å²) in [6.45, 7) is 28.8. The van der Waals surface area contributed by atoms with Gasteiger partial charge in [-0.2, -0.15) is 0 Å². The van der Waals surface area contributed by atoms with E-state index in [9.17, 15) is 58.4 Å². The molecule has 0 saturated carbocycles. The van der Waals surface area contributed by atoms with Crippen LogP contribution in [0.3, 0.4) is 0 Å². The van der Waals surface area contributed by atoms with Gasteiger partial charge < -0.3 is 83.2 Å². The van der Waals surface area contributed by atoms with Crippen molar-refractivity contribution >= 4 is 60.0 Å². The van der Waals surface area contributed by atoms with Crippen LogP contribution >= 0.6 is 0 Å². The number of nitrogens with zero attached hydrogens (tertiary/aromatic N) is 6.